The molecule has 4 nitrogen and oxygen atoms in total. The Labute approximate surface area is 183 Å². The zero-order chi connectivity index (χ0) is 19.3. The molecule has 2 aromatic rings. The molecule has 2 aromatic carbocycles. The second-order valence-electron chi connectivity index (χ2n) is 6.83. The van der Waals surface area contributed by atoms with E-state index in [0.717, 1.165) is 45.3 Å². The summed E-state index contributed by atoms with van der Waals surface area (Å²) in [5, 5.41) is 0.528. The molecule has 0 atom stereocenters. The Kier molecular flexibility index (Phi) is 9.06. The van der Waals surface area contributed by atoms with Crippen molar-refractivity contribution in [3.63, 3.8) is 0 Å². The van der Waals surface area contributed by atoms with Crippen LogP contribution in [0, 0.1) is 0 Å². The zero-order valence-electron chi connectivity index (χ0n) is 15.5. The molecule has 0 amide bonds. The summed E-state index contributed by atoms with van der Waals surface area (Å²) in [6.07, 6.45) is 3.93. The van der Waals surface area contributed by atoms with Gasteiger partial charge in [-0.2, -0.15) is 0 Å². The summed E-state index contributed by atoms with van der Waals surface area (Å²) in [7, 11) is -3.63. The predicted octanol–water partition coefficient (Wildman–Crippen LogP) is 4.92. The molecule has 1 aliphatic heterocycles. The third-order valence-corrected chi connectivity index (χ3v) is 7.01. The van der Waals surface area contributed by atoms with Crippen LogP contribution in [-0.4, -0.2) is 33.0 Å². The molecule has 0 unspecified atom stereocenters. The highest BCUT2D eigenvalue weighted by atomic mass is 35.5. The third kappa shape index (κ3) is 6.34. The minimum Gasteiger partial charge on any atom is -0.299 e. The van der Waals surface area contributed by atoms with Crippen LogP contribution in [0.1, 0.15) is 30.4 Å². The van der Waals surface area contributed by atoms with Gasteiger partial charge in [-0.05, 0) is 55.1 Å². The van der Waals surface area contributed by atoms with Crippen LogP contribution in [0.3, 0.4) is 0 Å². The van der Waals surface area contributed by atoms with Crippen molar-refractivity contribution in [3.8, 4) is 0 Å². The maximum Gasteiger partial charge on any atom is 0.242 e. The number of rotatable bonds is 8. The van der Waals surface area contributed by atoms with Crippen LogP contribution in [0.15, 0.2) is 47.4 Å². The van der Waals surface area contributed by atoms with E-state index in [1.165, 1.54) is 23.3 Å². The van der Waals surface area contributed by atoms with E-state index in [0.29, 0.717) is 11.6 Å². The molecule has 1 N–H and O–H groups in total. The van der Waals surface area contributed by atoms with Crippen molar-refractivity contribution in [1.82, 2.24) is 9.62 Å². The molecule has 154 valence electrons. The van der Waals surface area contributed by atoms with Crippen molar-refractivity contribution in [2.24, 2.45) is 0 Å². The number of nitrogens with one attached hydrogen (secondary N) is 1. The van der Waals surface area contributed by atoms with Crippen LogP contribution >= 0.6 is 35.6 Å². The highest BCUT2D eigenvalue weighted by Crippen LogP contribution is 2.24. The molecular formula is C20H25Cl3N2O2S. The average Bonchev–Trinajstić information content (AvgIpc) is 2.66. The predicted molar refractivity (Wildman–Crippen MR) is 118 cm³/mol. The van der Waals surface area contributed by atoms with Crippen LogP contribution in [0.25, 0.3) is 0 Å². The smallest absolute Gasteiger partial charge is 0.242 e. The molecule has 1 aliphatic rings. The number of halogens is 3. The van der Waals surface area contributed by atoms with Crippen LogP contribution in [0.2, 0.25) is 10.0 Å². The van der Waals surface area contributed by atoms with Crippen LogP contribution in [0.5, 0.6) is 0 Å². The zero-order valence-corrected chi connectivity index (χ0v) is 18.7. The largest absolute Gasteiger partial charge is 0.299 e. The molecule has 0 radical (unpaired) electrons. The SMILES string of the molecule is Cl.O=S(=O)(NCCCCCN1CCc2ccccc2C1)c1cc(Cl)ccc1Cl. The number of unbranched alkanes of at least 4 members (excludes halogenated alkanes) is 2. The Morgan fingerprint density at radius 2 is 1.75 bits per heavy atom. The van der Waals surface area contributed by atoms with E-state index < -0.39 is 10.0 Å². The molecule has 3 rings (SSSR count). The van der Waals surface area contributed by atoms with Crippen molar-refractivity contribution in [1.29, 1.82) is 0 Å². The van der Waals surface area contributed by atoms with Crippen LogP contribution < -0.4 is 4.72 Å². The number of nitrogens with zero attached hydrogens (tertiary/aromatic N) is 1. The average molecular weight is 464 g/mol. The van der Waals surface area contributed by atoms with Crippen molar-refractivity contribution >= 4 is 45.6 Å². The highest BCUT2D eigenvalue weighted by molar-refractivity contribution is 7.89. The molecule has 0 saturated heterocycles. The maximum atomic E-state index is 12.3. The lowest BCUT2D eigenvalue weighted by molar-refractivity contribution is 0.248. The standard InChI is InChI=1S/C20H24Cl2N2O2S.ClH/c21-18-8-9-19(22)20(14-18)27(25,26)23-11-4-1-5-12-24-13-10-16-6-2-3-7-17(16)15-24;/h2-3,6-9,14,23H,1,4-5,10-13,15H2;1H. The lowest BCUT2D eigenvalue weighted by Gasteiger charge is -2.28. The summed E-state index contributed by atoms with van der Waals surface area (Å²) < 4.78 is 27.3. The summed E-state index contributed by atoms with van der Waals surface area (Å²) in [5.74, 6) is 0. The van der Waals surface area contributed by atoms with Gasteiger partial charge in [-0.1, -0.05) is 53.9 Å². The summed E-state index contributed by atoms with van der Waals surface area (Å²) in [4.78, 5) is 2.50. The second kappa shape index (κ2) is 10.8. The Hall–Kier alpha value is -0.820. The molecule has 28 heavy (non-hydrogen) atoms. The van der Waals surface area contributed by atoms with Gasteiger partial charge in [0.15, 0.2) is 0 Å². The molecule has 0 bridgehead atoms. The van der Waals surface area contributed by atoms with Gasteiger partial charge in [-0.15, -0.1) is 12.4 Å². The van der Waals surface area contributed by atoms with Gasteiger partial charge in [0.25, 0.3) is 0 Å². The van der Waals surface area contributed by atoms with E-state index in [1.54, 1.807) is 6.07 Å². The topological polar surface area (TPSA) is 49.4 Å². The Morgan fingerprint density at radius 3 is 2.54 bits per heavy atom. The minimum absolute atomic E-state index is 0. The fourth-order valence-electron chi connectivity index (χ4n) is 3.35. The summed E-state index contributed by atoms with van der Waals surface area (Å²) in [6.45, 7) is 3.54. The number of benzene rings is 2. The molecule has 8 heteroatoms. The molecule has 0 spiro atoms. The Morgan fingerprint density at radius 1 is 1.00 bits per heavy atom. The summed E-state index contributed by atoms with van der Waals surface area (Å²) in [5.41, 5.74) is 2.89. The van der Waals surface area contributed by atoms with E-state index in [9.17, 15) is 8.42 Å². The van der Waals surface area contributed by atoms with Crippen molar-refractivity contribution < 1.29 is 8.42 Å². The monoisotopic (exact) mass is 462 g/mol. The number of sulfonamides is 1. The van der Waals surface area contributed by atoms with Crippen molar-refractivity contribution in [3.05, 3.63) is 63.6 Å². The fourth-order valence-corrected chi connectivity index (χ4v) is 5.18. The van der Waals surface area contributed by atoms with E-state index >= 15 is 0 Å². The molecule has 0 fully saturated rings. The number of hydrogen-bond acceptors (Lipinski definition) is 3. The van der Waals surface area contributed by atoms with Crippen molar-refractivity contribution in [2.45, 2.75) is 37.1 Å². The summed E-state index contributed by atoms with van der Waals surface area (Å²) in [6, 6.07) is 13.1. The van der Waals surface area contributed by atoms with Crippen LogP contribution in [-0.2, 0) is 23.0 Å². The lowest BCUT2D eigenvalue weighted by Crippen LogP contribution is -2.31. The second-order valence-corrected chi connectivity index (χ2v) is 9.41. The van der Waals surface area contributed by atoms with E-state index in [1.807, 2.05) is 0 Å². The van der Waals surface area contributed by atoms with E-state index in [-0.39, 0.29) is 22.3 Å². The fraction of sp³-hybridized carbons (Fsp3) is 0.400. The van der Waals surface area contributed by atoms with E-state index in [4.69, 9.17) is 23.2 Å². The highest BCUT2D eigenvalue weighted by Gasteiger charge is 2.18. The van der Waals surface area contributed by atoms with Gasteiger partial charge >= 0.3 is 0 Å². The summed E-state index contributed by atoms with van der Waals surface area (Å²) >= 11 is 11.9. The normalized spacial score (nSPS) is 14.4. The first kappa shape index (κ1) is 23.5. The first-order valence-corrected chi connectivity index (χ1v) is 11.4. The molecule has 0 saturated carbocycles. The van der Waals surface area contributed by atoms with Gasteiger partial charge in [0.2, 0.25) is 10.0 Å². The van der Waals surface area contributed by atoms with Gasteiger partial charge in [0, 0.05) is 24.7 Å². The minimum atomic E-state index is -3.63. The van der Waals surface area contributed by atoms with Gasteiger partial charge in [0.1, 0.15) is 4.90 Å². The third-order valence-electron chi connectivity index (χ3n) is 4.84. The molecular weight excluding hydrogens is 439 g/mol. The van der Waals surface area contributed by atoms with Gasteiger partial charge in [-0.25, -0.2) is 13.1 Å². The van der Waals surface area contributed by atoms with Gasteiger partial charge < -0.3 is 0 Å². The first-order valence-electron chi connectivity index (χ1n) is 9.19. The number of fused-ring (bicyclic) bond motifs is 1. The first-order chi connectivity index (χ1) is 13.0. The maximum absolute atomic E-state index is 12.3. The van der Waals surface area contributed by atoms with Crippen molar-refractivity contribution in [2.75, 3.05) is 19.6 Å². The molecule has 0 aromatic heterocycles. The van der Waals surface area contributed by atoms with E-state index in [2.05, 4.69) is 33.9 Å². The quantitative estimate of drug-likeness (QED) is 0.565. The van der Waals surface area contributed by atoms with Gasteiger partial charge in [0.05, 0.1) is 5.02 Å². The van der Waals surface area contributed by atoms with Gasteiger partial charge in [-0.3, -0.25) is 4.90 Å². The number of hydrogen-bond donors (Lipinski definition) is 1. The Balaban J connectivity index is 0.00000280. The lowest BCUT2D eigenvalue weighted by atomic mass is 10.00. The molecule has 0 aliphatic carbocycles. The Bertz CT molecular complexity index is 891. The molecule has 1 heterocycles. The van der Waals surface area contributed by atoms with Crippen LogP contribution in [0.4, 0.5) is 0 Å².